The number of methoxy groups -OCH3 is 1. The molecule has 3 rings (SSSR count). The van der Waals surface area contributed by atoms with Crippen LogP contribution in [0.5, 0.6) is 11.5 Å². The fourth-order valence-electron chi connectivity index (χ4n) is 2.65. The molecule has 0 unspecified atom stereocenters. The quantitative estimate of drug-likeness (QED) is 0.653. The van der Waals surface area contributed by atoms with Crippen molar-refractivity contribution in [3.05, 3.63) is 95.6 Å². The Morgan fingerprint density at radius 3 is 2.15 bits per heavy atom. The fraction of sp³-hybridized carbons (Fsp3) is 0.174. The lowest BCUT2D eigenvalue weighted by Gasteiger charge is -2.08. The minimum Gasteiger partial charge on any atom is -0.497 e. The maximum Gasteiger partial charge on any atom is 0.251 e. The molecule has 4 nitrogen and oxygen atoms in total. The van der Waals surface area contributed by atoms with Crippen molar-refractivity contribution in [2.24, 2.45) is 0 Å². The summed E-state index contributed by atoms with van der Waals surface area (Å²) in [6, 6.07) is 25.0. The molecule has 0 aliphatic heterocycles. The Hall–Kier alpha value is -3.27. The fourth-order valence-corrected chi connectivity index (χ4v) is 2.65. The predicted octanol–water partition coefficient (Wildman–Crippen LogP) is 4.25. The number of benzene rings is 3. The molecular weight excluding hydrogens is 338 g/mol. The van der Waals surface area contributed by atoms with Crippen molar-refractivity contribution >= 4 is 5.91 Å². The first-order chi connectivity index (χ1) is 13.2. The molecule has 0 aromatic heterocycles. The second kappa shape index (κ2) is 9.43. The van der Waals surface area contributed by atoms with Gasteiger partial charge in [-0.1, -0.05) is 42.5 Å². The van der Waals surface area contributed by atoms with Crippen LogP contribution in [0.15, 0.2) is 78.9 Å². The number of hydrogen-bond donors (Lipinski definition) is 1. The lowest BCUT2D eigenvalue weighted by Crippen LogP contribution is -2.25. The molecule has 0 saturated heterocycles. The molecule has 1 N–H and O–H groups in total. The van der Waals surface area contributed by atoms with E-state index in [1.807, 2.05) is 78.9 Å². The molecule has 138 valence electrons. The van der Waals surface area contributed by atoms with E-state index in [2.05, 4.69) is 5.32 Å². The molecule has 0 aliphatic rings. The van der Waals surface area contributed by atoms with Crippen LogP contribution >= 0.6 is 0 Å². The third-order valence-electron chi connectivity index (χ3n) is 4.22. The number of nitrogens with one attached hydrogen (secondary N) is 1. The summed E-state index contributed by atoms with van der Waals surface area (Å²) in [6.07, 6.45) is 0.777. The first-order valence-electron chi connectivity index (χ1n) is 8.92. The smallest absolute Gasteiger partial charge is 0.251 e. The first-order valence-corrected chi connectivity index (χ1v) is 8.92. The van der Waals surface area contributed by atoms with Gasteiger partial charge in [-0.2, -0.15) is 0 Å². The van der Waals surface area contributed by atoms with Gasteiger partial charge in [0.2, 0.25) is 0 Å². The van der Waals surface area contributed by atoms with Crippen LogP contribution in [0.4, 0.5) is 0 Å². The minimum atomic E-state index is -0.0703. The highest BCUT2D eigenvalue weighted by molar-refractivity contribution is 5.94. The van der Waals surface area contributed by atoms with Crippen LogP contribution in [0.3, 0.4) is 0 Å². The predicted molar refractivity (Wildman–Crippen MR) is 106 cm³/mol. The van der Waals surface area contributed by atoms with Crippen LogP contribution in [-0.2, 0) is 13.0 Å². The van der Waals surface area contributed by atoms with Gasteiger partial charge in [-0.3, -0.25) is 4.79 Å². The van der Waals surface area contributed by atoms with Crippen molar-refractivity contribution in [1.29, 1.82) is 0 Å². The number of ether oxygens (including phenoxy) is 2. The second-order valence-corrected chi connectivity index (χ2v) is 6.15. The van der Waals surface area contributed by atoms with E-state index in [-0.39, 0.29) is 5.91 Å². The van der Waals surface area contributed by atoms with Crippen molar-refractivity contribution < 1.29 is 14.3 Å². The van der Waals surface area contributed by atoms with Crippen molar-refractivity contribution in [1.82, 2.24) is 5.32 Å². The Morgan fingerprint density at radius 2 is 1.48 bits per heavy atom. The molecule has 0 fully saturated rings. The summed E-state index contributed by atoms with van der Waals surface area (Å²) in [5.74, 6) is 1.59. The summed E-state index contributed by atoms with van der Waals surface area (Å²) < 4.78 is 10.9. The summed E-state index contributed by atoms with van der Waals surface area (Å²) >= 11 is 0. The zero-order valence-corrected chi connectivity index (χ0v) is 15.4. The average Bonchev–Trinajstić information content (AvgIpc) is 2.74. The number of carbonyl (C=O) groups is 1. The molecule has 0 aliphatic carbocycles. The van der Waals surface area contributed by atoms with Crippen LogP contribution in [0.1, 0.15) is 21.5 Å². The third kappa shape index (κ3) is 5.61. The van der Waals surface area contributed by atoms with E-state index in [0.29, 0.717) is 18.7 Å². The van der Waals surface area contributed by atoms with Gasteiger partial charge in [0.1, 0.15) is 18.1 Å². The van der Waals surface area contributed by atoms with Crippen LogP contribution in [0, 0.1) is 0 Å². The van der Waals surface area contributed by atoms with Gasteiger partial charge in [-0.25, -0.2) is 0 Å². The Balaban J connectivity index is 1.45. The van der Waals surface area contributed by atoms with Gasteiger partial charge in [0.15, 0.2) is 0 Å². The molecule has 0 spiro atoms. The van der Waals surface area contributed by atoms with Crippen molar-refractivity contribution in [2.45, 2.75) is 13.0 Å². The molecule has 1 amide bonds. The highest BCUT2D eigenvalue weighted by Gasteiger charge is 2.05. The van der Waals surface area contributed by atoms with E-state index in [9.17, 15) is 4.79 Å². The molecule has 3 aromatic rings. The van der Waals surface area contributed by atoms with Gasteiger partial charge in [-0.15, -0.1) is 0 Å². The Kier molecular flexibility index (Phi) is 6.47. The summed E-state index contributed by atoms with van der Waals surface area (Å²) in [5, 5.41) is 2.95. The van der Waals surface area contributed by atoms with Crippen LogP contribution < -0.4 is 14.8 Å². The number of carbonyl (C=O) groups excluding carboxylic acids is 1. The first kappa shape index (κ1) is 18.5. The maximum atomic E-state index is 12.3. The van der Waals surface area contributed by atoms with E-state index < -0.39 is 0 Å². The van der Waals surface area contributed by atoms with E-state index in [1.165, 1.54) is 0 Å². The van der Waals surface area contributed by atoms with Gasteiger partial charge < -0.3 is 14.8 Å². The third-order valence-corrected chi connectivity index (χ3v) is 4.22. The average molecular weight is 361 g/mol. The Bertz CT molecular complexity index is 843. The lowest BCUT2D eigenvalue weighted by molar-refractivity contribution is 0.0954. The normalized spacial score (nSPS) is 10.3. The molecular formula is C23H23NO3. The van der Waals surface area contributed by atoms with Gasteiger partial charge in [0, 0.05) is 12.1 Å². The molecule has 0 saturated carbocycles. The standard InChI is InChI=1S/C23H23NO3/c1-26-21-13-9-18(10-14-21)15-16-24-23(25)20-11-7-19(8-12-20)17-27-22-5-3-2-4-6-22/h2-14H,15-17H2,1H3,(H,24,25). The van der Waals surface area contributed by atoms with Gasteiger partial charge in [0.25, 0.3) is 5.91 Å². The van der Waals surface area contributed by atoms with E-state index in [1.54, 1.807) is 7.11 Å². The maximum absolute atomic E-state index is 12.3. The van der Waals surface area contributed by atoms with E-state index in [4.69, 9.17) is 9.47 Å². The molecule has 0 bridgehead atoms. The summed E-state index contributed by atoms with van der Waals surface area (Å²) in [4.78, 5) is 12.3. The Labute approximate surface area is 159 Å². The summed E-state index contributed by atoms with van der Waals surface area (Å²) in [6.45, 7) is 1.06. The zero-order valence-electron chi connectivity index (χ0n) is 15.4. The number of amides is 1. The van der Waals surface area contributed by atoms with Crippen LogP contribution in [0.2, 0.25) is 0 Å². The largest absolute Gasteiger partial charge is 0.497 e. The van der Waals surface area contributed by atoms with Gasteiger partial charge in [-0.05, 0) is 53.9 Å². The summed E-state index contributed by atoms with van der Waals surface area (Å²) in [5.41, 5.74) is 2.83. The SMILES string of the molecule is COc1ccc(CCNC(=O)c2ccc(COc3ccccc3)cc2)cc1. The van der Waals surface area contributed by atoms with E-state index in [0.717, 1.165) is 29.0 Å². The van der Waals surface area contributed by atoms with E-state index >= 15 is 0 Å². The highest BCUT2D eigenvalue weighted by atomic mass is 16.5. The minimum absolute atomic E-state index is 0.0703. The van der Waals surface area contributed by atoms with Gasteiger partial charge in [0.05, 0.1) is 7.11 Å². The topological polar surface area (TPSA) is 47.6 Å². The number of hydrogen-bond acceptors (Lipinski definition) is 3. The molecule has 0 radical (unpaired) electrons. The molecule has 3 aromatic carbocycles. The highest BCUT2D eigenvalue weighted by Crippen LogP contribution is 2.13. The molecule has 0 heterocycles. The van der Waals surface area contributed by atoms with Crippen LogP contribution in [-0.4, -0.2) is 19.6 Å². The second-order valence-electron chi connectivity index (χ2n) is 6.15. The summed E-state index contributed by atoms with van der Waals surface area (Å²) in [7, 11) is 1.65. The monoisotopic (exact) mass is 361 g/mol. The van der Waals surface area contributed by atoms with Gasteiger partial charge >= 0.3 is 0 Å². The van der Waals surface area contributed by atoms with Crippen LogP contribution in [0.25, 0.3) is 0 Å². The van der Waals surface area contributed by atoms with Crippen molar-refractivity contribution in [2.75, 3.05) is 13.7 Å². The zero-order chi connectivity index (χ0) is 18.9. The molecule has 27 heavy (non-hydrogen) atoms. The molecule has 4 heteroatoms. The lowest BCUT2D eigenvalue weighted by atomic mass is 10.1. The number of para-hydroxylation sites is 1. The number of rotatable bonds is 8. The Morgan fingerprint density at radius 1 is 0.815 bits per heavy atom. The molecule has 0 atom stereocenters. The van der Waals surface area contributed by atoms with Crippen molar-refractivity contribution in [3.8, 4) is 11.5 Å². The van der Waals surface area contributed by atoms with Crippen molar-refractivity contribution in [3.63, 3.8) is 0 Å².